The van der Waals surface area contributed by atoms with E-state index < -0.39 is 24.0 Å². The molecule has 0 aromatic rings. The van der Waals surface area contributed by atoms with Gasteiger partial charge in [0.15, 0.2) is 0 Å². The van der Waals surface area contributed by atoms with Crippen molar-refractivity contribution in [2.24, 2.45) is 5.73 Å². The maximum Gasteiger partial charge on any atom is 0.390 e. The lowest BCUT2D eigenvalue weighted by molar-refractivity contribution is -0.138. The van der Waals surface area contributed by atoms with Crippen molar-refractivity contribution in [2.45, 2.75) is 51.4 Å². The first-order valence-corrected chi connectivity index (χ1v) is 6.33. The molecule has 0 aliphatic carbocycles. The van der Waals surface area contributed by atoms with Crippen LogP contribution in [0.4, 0.5) is 13.2 Å². The number of nitrogens with two attached hydrogens (primary N) is 1. The van der Waals surface area contributed by atoms with Crippen LogP contribution in [0.1, 0.15) is 33.6 Å². The minimum absolute atomic E-state index is 0.0916. The summed E-state index contributed by atoms with van der Waals surface area (Å²) in [4.78, 5) is 13.0. The largest absolute Gasteiger partial charge is 0.390 e. The molecule has 0 radical (unpaired) electrons. The molecule has 0 fully saturated rings. The maximum atomic E-state index is 12.2. The van der Waals surface area contributed by atoms with E-state index in [1.54, 1.807) is 25.8 Å². The number of hydrogen-bond acceptors (Lipinski definition) is 3. The topological polar surface area (TPSA) is 58.4 Å². The van der Waals surface area contributed by atoms with E-state index in [1.165, 1.54) is 0 Å². The number of nitrogens with one attached hydrogen (secondary N) is 1. The van der Waals surface area contributed by atoms with Crippen LogP contribution in [-0.4, -0.2) is 48.7 Å². The standard InChI is InChI=1S/C12H24F3N3O/c1-5-17-11(3,10(16)19)8-9(2)18(4)7-6-12(13,14)15/h9,17H,5-8H2,1-4H3,(H2,16,19). The van der Waals surface area contributed by atoms with E-state index in [2.05, 4.69) is 5.32 Å². The second-order valence-electron chi connectivity index (χ2n) is 5.13. The number of carbonyl (C=O) groups excluding carboxylic acids is 1. The van der Waals surface area contributed by atoms with Gasteiger partial charge in [0.05, 0.1) is 12.0 Å². The Morgan fingerprint density at radius 1 is 1.42 bits per heavy atom. The van der Waals surface area contributed by atoms with Crippen molar-refractivity contribution < 1.29 is 18.0 Å². The van der Waals surface area contributed by atoms with Crippen molar-refractivity contribution in [3.8, 4) is 0 Å². The normalized spacial score (nSPS) is 17.3. The van der Waals surface area contributed by atoms with Gasteiger partial charge in [0, 0.05) is 12.6 Å². The fourth-order valence-corrected chi connectivity index (χ4v) is 1.92. The molecule has 0 bridgehead atoms. The molecule has 0 saturated heterocycles. The molecule has 3 N–H and O–H groups in total. The summed E-state index contributed by atoms with van der Waals surface area (Å²) < 4.78 is 36.5. The van der Waals surface area contributed by atoms with Crippen LogP contribution in [0.3, 0.4) is 0 Å². The maximum absolute atomic E-state index is 12.2. The third kappa shape index (κ3) is 6.77. The average molecular weight is 283 g/mol. The lowest BCUT2D eigenvalue weighted by atomic mass is 9.92. The van der Waals surface area contributed by atoms with Crippen molar-refractivity contribution in [3.05, 3.63) is 0 Å². The monoisotopic (exact) mass is 283 g/mol. The van der Waals surface area contributed by atoms with Crippen molar-refractivity contribution >= 4 is 5.91 Å². The molecule has 19 heavy (non-hydrogen) atoms. The van der Waals surface area contributed by atoms with Crippen LogP contribution in [0.2, 0.25) is 0 Å². The molecular formula is C12H24F3N3O. The van der Waals surface area contributed by atoms with Crippen LogP contribution in [-0.2, 0) is 4.79 Å². The van der Waals surface area contributed by atoms with E-state index in [1.807, 2.05) is 6.92 Å². The number of amides is 1. The molecule has 0 aliphatic heterocycles. The minimum Gasteiger partial charge on any atom is -0.368 e. The molecule has 0 aromatic carbocycles. The van der Waals surface area contributed by atoms with Crippen LogP contribution >= 0.6 is 0 Å². The molecule has 0 rings (SSSR count). The molecule has 1 amide bonds. The van der Waals surface area contributed by atoms with E-state index in [-0.39, 0.29) is 12.6 Å². The highest BCUT2D eigenvalue weighted by Gasteiger charge is 2.34. The van der Waals surface area contributed by atoms with E-state index in [0.717, 1.165) is 0 Å². The summed E-state index contributed by atoms with van der Waals surface area (Å²) in [5, 5.41) is 2.99. The van der Waals surface area contributed by atoms with Gasteiger partial charge in [-0.05, 0) is 33.9 Å². The van der Waals surface area contributed by atoms with Gasteiger partial charge < -0.3 is 16.0 Å². The fraction of sp³-hybridized carbons (Fsp3) is 0.917. The fourth-order valence-electron chi connectivity index (χ4n) is 1.92. The van der Waals surface area contributed by atoms with Gasteiger partial charge in [-0.15, -0.1) is 0 Å². The number of primary amides is 1. The third-order valence-electron chi connectivity index (χ3n) is 3.31. The molecule has 0 spiro atoms. The summed E-state index contributed by atoms with van der Waals surface area (Å²) in [6.07, 6.45) is -4.66. The van der Waals surface area contributed by atoms with Gasteiger partial charge in [0.1, 0.15) is 0 Å². The summed E-state index contributed by atoms with van der Waals surface area (Å²) in [7, 11) is 1.61. The van der Waals surface area contributed by atoms with Crippen molar-refractivity contribution in [1.29, 1.82) is 0 Å². The molecule has 0 saturated carbocycles. The first kappa shape index (κ1) is 18.2. The average Bonchev–Trinajstić information content (AvgIpc) is 2.24. The molecule has 4 nitrogen and oxygen atoms in total. The van der Waals surface area contributed by atoms with E-state index in [0.29, 0.717) is 13.0 Å². The Morgan fingerprint density at radius 3 is 2.32 bits per heavy atom. The van der Waals surface area contributed by atoms with Gasteiger partial charge in [0.25, 0.3) is 0 Å². The van der Waals surface area contributed by atoms with E-state index >= 15 is 0 Å². The van der Waals surface area contributed by atoms with Crippen LogP contribution in [0.25, 0.3) is 0 Å². The summed E-state index contributed by atoms with van der Waals surface area (Å²) in [5.41, 5.74) is 4.45. The van der Waals surface area contributed by atoms with Crippen LogP contribution < -0.4 is 11.1 Å². The lowest BCUT2D eigenvalue weighted by Gasteiger charge is -2.34. The SMILES string of the molecule is CCNC(C)(CC(C)N(C)CCC(F)(F)F)C(N)=O. The second kappa shape index (κ2) is 7.09. The number of rotatable bonds is 8. The van der Waals surface area contributed by atoms with Crippen molar-refractivity contribution in [3.63, 3.8) is 0 Å². The Balaban J connectivity index is 4.48. The van der Waals surface area contributed by atoms with Gasteiger partial charge in [-0.1, -0.05) is 6.92 Å². The molecular weight excluding hydrogens is 259 g/mol. The molecule has 2 atom stereocenters. The second-order valence-corrected chi connectivity index (χ2v) is 5.13. The van der Waals surface area contributed by atoms with Gasteiger partial charge in [-0.25, -0.2) is 0 Å². The van der Waals surface area contributed by atoms with Crippen LogP contribution in [0, 0.1) is 0 Å². The highest BCUT2D eigenvalue weighted by Crippen LogP contribution is 2.21. The van der Waals surface area contributed by atoms with Crippen molar-refractivity contribution in [2.75, 3.05) is 20.1 Å². The molecule has 7 heteroatoms. The summed E-state index contributed by atoms with van der Waals surface area (Å²) in [6, 6.07) is -0.182. The zero-order valence-electron chi connectivity index (χ0n) is 12.0. The molecule has 0 aromatic heterocycles. The minimum atomic E-state index is -4.16. The predicted molar refractivity (Wildman–Crippen MR) is 68.7 cm³/mol. The summed E-state index contributed by atoms with van der Waals surface area (Å²) in [6.45, 7) is 5.78. The number of alkyl halides is 3. The van der Waals surface area contributed by atoms with E-state index in [9.17, 15) is 18.0 Å². The summed E-state index contributed by atoms with van der Waals surface area (Å²) in [5.74, 6) is -0.495. The molecule has 2 unspecified atom stereocenters. The Morgan fingerprint density at radius 2 is 1.95 bits per heavy atom. The zero-order chi connectivity index (χ0) is 15.3. The molecule has 114 valence electrons. The quantitative estimate of drug-likeness (QED) is 0.710. The van der Waals surface area contributed by atoms with Gasteiger partial charge >= 0.3 is 6.18 Å². The van der Waals surface area contributed by atoms with Crippen molar-refractivity contribution in [1.82, 2.24) is 10.2 Å². The van der Waals surface area contributed by atoms with Crippen LogP contribution in [0.15, 0.2) is 0 Å². The Hall–Kier alpha value is -0.820. The number of likely N-dealkylation sites (N-methyl/N-ethyl adjacent to an activating group) is 1. The van der Waals surface area contributed by atoms with Gasteiger partial charge in [0.2, 0.25) is 5.91 Å². The summed E-state index contributed by atoms with van der Waals surface area (Å²) >= 11 is 0. The number of nitrogens with zero attached hydrogens (tertiary/aromatic N) is 1. The number of carbonyl (C=O) groups is 1. The van der Waals surface area contributed by atoms with Gasteiger partial charge in [-0.2, -0.15) is 13.2 Å². The first-order valence-electron chi connectivity index (χ1n) is 6.33. The smallest absolute Gasteiger partial charge is 0.368 e. The highest BCUT2D eigenvalue weighted by molar-refractivity contribution is 5.84. The third-order valence-corrected chi connectivity index (χ3v) is 3.31. The Kier molecular flexibility index (Phi) is 6.79. The Bertz CT molecular complexity index is 296. The number of hydrogen-bond donors (Lipinski definition) is 2. The number of halogens is 3. The lowest BCUT2D eigenvalue weighted by Crippen LogP contribution is -2.56. The highest BCUT2D eigenvalue weighted by atomic mass is 19.4. The van der Waals surface area contributed by atoms with Crippen LogP contribution in [0.5, 0.6) is 0 Å². The molecule has 0 aliphatic rings. The molecule has 0 heterocycles. The van der Waals surface area contributed by atoms with E-state index in [4.69, 9.17) is 5.73 Å². The van der Waals surface area contributed by atoms with Gasteiger partial charge in [-0.3, -0.25) is 4.79 Å². The Labute approximate surface area is 112 Å². The predicted octanol–water partition coefficient (Wildman–Crippen LogP) is 1.50. The first-order chi connectivity index (χ1) is 8.52. The zero-order valence-corrected chi connectivity index (χ0v) is 12.0.